The molecule has 2 nitrogen and oxygen atoms in total. The Balaban J connectivity index is 2.42. The number of benzene rings is 1. The standard InChI is InChI=1S/C13H11NOS/c1-3-8-14-13(15)12-9(2)10-6-4-5-7-11(10)16-12/h1,4-7H,8H2,2H3,(H,14,15). The van der Waals surface area contributed by atoms with Gasteiger partial charge in [0.05, 0.1) is 11.4 Å². The number of hydrogen-bond acceptors (Lipinski definition) is 2. The number of carbonyl (C=O) groups is 1. The van der Waals surface area contributed by atoms with Gasteiger partial charge in [-0.25, -0.2) is 0 Å². The summed E-state index contributed by atoms with van der Waals surface area (Å²) in [5, 5.41) is 3.82. The van der Waals surface area contributed by atoms with Crippen LogP contribution in [0.4, 0.5) is 0 Å². The van der Waals surface area contributed by atoms with Crippen molar-refractivity contribution in [3.8, 4) is 12.3 Å². The first kappa shape index (κ1) is 10.7. The van der Waals surface area contributed by atoms with Crippen molar-refractivity contribution in [3.63, 3.8) is 0 Å². The Morgan fingerprint density at radius 3 is 2.94 bits per heavy atom. The Labute approximate surface area is 98.3 Å². The molecule has 80 valence electrons. The van der Waals surface area contributed by atoms with Crippen LogP contribution < -0.4 is 5.32 Å². The van der Waals surface area contributed by atoms with Gasteiger partial charge in [-0.05, 0) is 23.9 Å². The molecule has 0 aliphatic carbocycles. The topological polar surface area (TPSA) is 29.1 Å². The summed E-state index contributed by atoms with van der Waals surface area (Å²) >= 11 is 1.50. The summed E-state index contributed by atoms with van der Waals surface area (Å²) in [4.78, 5) is 12.5. The second kappa shape index (κ2) is 4.38. The molecular weight excluding hydrogens is 218 g/mol. The molecule has 0 unspecified atom stereocenters. The van der Waals surface area contributed by atoms with E-state index in [9.17, 15) is 4.79 Å². The number of aryl methyl sites for hydroxylation is 1. The van der Waals surface area contributed by atoms with Crippen molar-refractivity contribution in [1.82, 2.24) is 5.32 Å². The molecule has 3 heteroatoms. The summed E-state index contributed by atoms with van der Waals surface area (Å²) in [5.41, 5.74) is 1.02. The van der Waals surface area contributed by atoms with Gasteiger partial charge in [0.2, 0.25) is 0 Å². The van der Waals surface area contributed by atoms with Gasteiger partial charge >= 0.3 is 0 Å². The van der Waals surface area contributed by atoms with Crippen LogP contribution in [0.3, 0.4) is 0 Å². The molecule has 1 amide bonds. The van der Waals surface area contributed by atoms with Gasteiger partial charge in [0.1, 0.15) is 0 Å². The highest BCUT2D eigenvalue weighted by Gasteiger charge is 2.13. The molecule has 0 atom stereocenters. The molecule has 0 radical (unpaired) electrons. The third-order valence-electron chi connectivity index (χ3n) is 2.40. The maximum absolute atomic E-state index is 11.8. The fourth-order valence-corrected chi connectivity index (χ4v) is 2.73. The van der Waals surface area contributed by atoms with Crippen LogP contribution in [0.5, 0.6) is 0 Å². The number of amides is 1. The van der Waals surface area contributed by atoms with Crippen LogP contribution in [0.2, 0.25) is 0 Å². The van der Waals surface area contributed by atoms with Crippen LogP contribution in [0.15, 0.2) is 24.3 Å². The zero-order chi connectivity index (χ0) is 11.5. The fraction of sp³-hybridized carbons (Fsp3) is 0.154. The van der Waals surface area contributed by atoms with Crippen LogP contribution in [0.1, 0.15) is 15.2 Å². The minimum Gasteiger partial charge on any atom is -0.340 e. The Hall–Kier alpha value is -1.79. The van der Waals surface area contributed by atoms with Gasteiger partial charge in [-0.1, -0.05) is 24.1 Å². The normalized spacial score (nSPS) is 10.0. The molecule has 1 aromatic carbocycles. The predicted molar refractivity (Wildman–Crippen MR) is 67.7 cm³/mol. The van der Waals surface area contributed by atoms with Crippen LogP contribution in [-0.4, -0.2) is 12.5 Å². The van der Waals surface area contributed by atoms with Crippen molar-refractivity contribution in [2.45, 2.75) is 6.92 Å². The third-order valence-corrected chi connectivity index (χ3v) is 3.67. The summed E-state index contributed by atoms with van der Waals surface area (Å²) in [6.07, 6.45) is 5.11. The Bertz CT molecular complexity index is 577. The average Bonchev–Trinajstić information content (AvgIpc) is 2.64. The smallest absolute Gasteiger partial charge is 0.262 e. The highest BCUT2D eigenvalue weighted by atomic mass is 32.1. The molecule has 0 fully saturated rings. The van der Waals surface area contributed by atoms with Crippen molar-refractivity contribution in [1.29, 1.82) is 0 Å². The van der Waals surface area contributed by atoms with Crippen LogP contribution >= 0.6 is 11.3 Å². The van der Waals surface area contributed by atoms with Crippen molar-refractivity contribution >= 4 is 27.3 Å². The van der Waals surface area contributed by atoms with Crippen molar-refractivity contribution in [3.05, 3.63) is 34.7 Å². The fourth-order valence-electron chi connectivity index (χ4n) is 1.60. The first-order valence-corrected chi connectivity index (χ1v) is 5.75. The second-order valence-corrected chi connectivity index (χ2v) is 4.49. The predicted octanol–water partition coefficient (Wildman–Crippen LogP) is 2.57. The Kier molecular flexibility index (Phi) is 2.93. The number of nitrogens with one attached hydrogen (secondary N) is 1. The molecule has 1 N–H and O–H groups in total. The number of fused-ring (bicyclic) bond motifs is 1. The number of carbonyl (C=O) groups excluding carboxylic acids is 1. The van der Waals surface area contributed by atoms with Gasteiger partial charge < -0.3 is 5.32 Å². The highest BCUT2D eigenvalue weighted by molar-refractivity contribution is 7.21. The molecule has 16 heavy (non-hydrogen) atoms. The number of hydrogen-bond donors (Lipinski definition) is 1. The summed E-state index contributed by atoms with van der Waals surface area (Å²) in [7, 11) is 0. The van der Waals surface area contributed by atoms with E-state index in [1.807, 2.05) is 31.2 Å². The SMILES string of the molecule is C#CCNC(=O)c1sc2ccccc2c1C. The number of rotatable bonds is 2. The summed E-state index contributed by atoms with van der Waals surface area (Å²) in [6.45, 7) is 2.23. The van der Waals surface area contributed by atoms with Crippen molar-refractivity contribution in [2.24, 2.45) is 0 Å². The lowest BCUT2D eigenvalue weighted by atomic mass is 10.1. The zero-order valence-electron chi connectivity index (χ0n) is 8.91. The van der Waals surface area contributed by atoms with Crippen LogP contribution in [0.25, 0.3) is 10.1 Å². The molecule has 2 rings (SSSR count). The van der Waals surface area contributed by atoms with E-state index in [1.165, 1.54) is 11.3 Å². The molecule has 2 aromatic rings. The molecule has 0 saturated carbocycles. The first-order valence-electron chi connectivity index (χ1n) is 4.94. The highest BCUT2D eigenvalue weighted by Crippen LogP contribution is 2.30. The van der Waals surface area contributed by atoms with Gasteiger partial charge in [-0.2, -0.15) is 0 Å². The lowest BCUT2D eigenvalue weighted by Gasteiger charge is -1.99. The minimum absolute atomic E-state index is 0.0864. The van der Waals surface area contributed by atoms with Gasteiger partial charge in [0.25, 0.3) is 5.91 Å². The average molecular weight is 229 g/mol. The van der Waals surface area contributed by atoms with E-state index in [4.69, 9.17) is 6.42 Å². The van der Waals surface area contributed by atoms with Gasteiger partial charge in [-0.15, -0.1) is 17.8 Å². The quantitative estimate of drug-likeness (QED) is 0.788. The lowest BCUT2D eigenvalue weighted by molar-refractivity contribution is 0.0962. The molecule has 1 aromatic heterocycles. The molecule has 0 aliphatic rings. The minimum atomic E-state index is -0.0864. The maximum atomic E-state index is 11.8. The van der Waals surface area contributed by atoms with Crippen LogP contribution in [0, 0.1) is 19.3 Å². The van der Waals surface area contributed by atoms with E-state index in [1.54, 1.807) is 0 Å². The molecule has 0 bridgehead atoms. The van der Waals surface area contributed by atoms with Crippen LogP contribution in [-0.2, 0) is 0 Å². The summed E-state index contributed by atoms with van der Waals surface area (Å²) < 4.78 is 1.13. The van der Waals surface area contributed by atoms with Gasteiger partial charge in [0, 0.05) is 4.70 Å². The van der Waals surface area contributed by atoms with E-state index in [2.05, 4.69) is 11.2 Å². The molecule has 1 heterocycles. The molecular formula is C13H11NOS. The van der Waals surface area contributed by atoms with E-state index >= 15 is 0 Å². The molecule has 0 saturated heterocycles. The number of thiophene rings is 1. The Morgan fingerprint density at radius 2 is 2.25 bits per heavy atom. The van der Waals surface area contributed by atoms with E-state index in [0.29, 0.717) is 0 Å². The zero-order valence-corrected chi connectivity index (χ0v) is 9.73. The van der Waals surface area contributed by atoms with E-state index in [-0.39, 0.29) is 12.5 Å². The molecule has 0 spiro atoms. The van der Waals surface area contributed by atoms with Crippen molar-refractivity contribution in [2.75, 3.05) is 6.54 Å². The Morgan fingerprint density at radius 1 is 1.50 bits per heavy atom. The lowest BCUT2D eigenvalue weighted by Crippen LogP contribution is -2.23. The summed E-state index contributed by atoms with van der Waals surface area (Å²) in [5.74, 6) is 2.31. The number of terminal acetylenes is 1. The van der Waals surface area contributed by atoms with E-state index in [0.717, 1.165) is 20.5 Å². The largest absolute Gasteiger partial charge is 0.340 e. The van der Waals surface area contributed by atoms with Gasteiger partial charge in [0.15, 0.2) is 0 Å². The monoisotopic (exact) mass is 229 g/mol. The molecule has 0 aliphatic heterocycles. The third kappa shape index (κ3) is 1.80. The summed E-state index contributed by atoms with van der Waals surface area (Å²) in [6, 6.07) is 8.00. The van der Waals surface area contributed by atoms with Gasteiger partial charge in [-0.3, -0.25) is 4.79 Å². The van der Waals surface area contributed by atoms with E-state index < -0.39 is 0 Å². The van der Waals surface area contributed by atoms with Crippen molar-refractivity contribution < 1.29 is 4.79 Å². The maximum Gasteiger partial charge on any atom is 0.262 e. The first-order chi connectivity index (χ1) is 7.74. The second-order valence-electron chi connectivity index (χ2n) is 3.44.